The molecule has 1 heterocycles. The van der Waals surface area contributed by atoms with E-state index in [2.05, 4.69) is 0 Å². The molecule has 1 fully saturated rings. The molecule has 2 atom stereocenters. The summed E-state index contributed by atoms with van der Waals surface area (Å²) in [6.45, 7) is 20.0. The minimum absolute atomic E-state index is 0.0652. The van der Waals surface area contributed by atoms with Crippen LogP contribution in [0.5, 0.6) is 0 Å². The highest BCUT2D eigenvalue weighted by molar-refractivity contribution is 5.84. The maximum Gasteiger partial charge on any atom is 0.307 e. The molecular formula is C27H49NO7. The van der Waals surface area contributed by atoms with E-state index in [1.165, 1.54) is 6.42 Å². The molecule has 0 spiro atoms. The van der Waals surface area contributed by atoms with Gasteiger partial charge in [-0.1, -0.05) is 27.7 Å². The summed E-state index contributed by atoms with van der Waals surface area (Å²) in [6, 6.07) is 0. The van der Waals surface area contributed by atoms with Gasteiger partial charge in [0.05, 0.1) is 24.7 Å². The number of carbonyl (C=O) groups is 4. The fourth-order valence-electron chi connectivity index (χ4n) is 3.69. The van der Waals surface area contributed by atoms with E-state index in [0.717, 1.165) is 25.9 Å². The first-order valence-electron chi connectivity index (χ1n) is 12.8. The van der Waals surface area contributed by atoms with Gasteiger partial charge >= 0.3 is 17.9 Å². The van der Waals surface area contributed by atoms with Crippen molar-refractivity contribution in [1.82, 2.24) is 4.90 Å². The third kappa shape index (κ3) is 14.8. The number of hydrogen-bond acceptors (Lipinski definition) is 6. The maximum absolute atomic E-state index is 12.6. The molecule has 0 saturated carbocycles. The normalized spacial score (nSPS) is 16.2. The Morgan fingerprint density at radius 1 is 0.714 bits per heavy atom. The summed E-state index contributed by atoms with van der Waals surface area (Å²) in [5.41, 5.74) is -1.05. The fraction of sp³-hybridized carbons (Fsp3) is 0.852. The van der Waals surface area contributed by atoms with Crippen LogP contribution in [0, 0.1) is 23.7 Å². The van der Waals surface area contributed by atoms with Gasteiger partial charge in [0, 0.05) is 13.1 Å². The first-order chi connectivity index (χ1) is 15.8. The molecule has 1 amide bonds. The molecule has 204 valence electrons. The Balaban J connectivity index is 0.000000691. The fourth-order valence-corrected chi connectivity index (χ4v) is 3.69. The van der Waals surface area contributed by atoms with E-state index in [9.17, 15) is 19.2 Å². The number of rotatable bonds is 8. The van der Waals surface area contributed by atoms with Crippen LogP contribution in [-0.2, 0) is 28.7 Å². The minimum Gasteiger partial charge on any atom is -0.481 e. The Kier molecular flexibility index (Phi) is 13.6. The molecule has 1 N–H and O–H groups in total. The second-order valence-electron chi connectivity index (χ2n) is 12.0. The number of carbonyl (C=O) groups excluding carboxylic acids is 3. The van der Waals surface area contributed by atoms with Gasteiger partial charge in [0.25, 0.3) is 0 Å². The van der Waals surface area contributed by atoms with Crippen molar-refractivity contribution in [2.75, 3.05) is 13.1 Å². The molecule has 1 saturated heterocycles. The van der Waals surface area contributed by atoms with Crippen LogP contribution in [0.3, 0.4) is 0 Å². The Bertz CT molecular complexity index is 695. The Morgan fingerprint density at radius 3 is 1.40 bits per heavy atom. The van der Waals surface area contributed by atoms with Crippen molar-refractivity contribution in [1.29, 1.82) is 0 Å². The van der Waals surface area contributed by atoms with Crippen molar-refractivity contribution >= 4 is 23.8 Å². The molecule has 0 aromatic heterocycles. The van der Waals surface area contributed by atoms with Crippen molar-refractivity contribution in [2.45, 2.75) is 113 Å². The van der Waals surface area contributed by atoms with E-state index in [4.69, 9.17) is 14.6 Å². The summed E-state index contributed by atoms with van der Waals surface area (Å²) in [6.07, 6.45) is 3.46. The number of piperidine rings is 1. The molecule has 1 aliphatic rings. The zero-order valence-electron chi connectivity index (χ0n) is 23.6. The van der Waals surface area contributed by atoms with Crippen molar-refractivity contribution in [2.24, 2.45) is 23.7 Å². The molecule has 0 radical (unpaired) electrons. The second kappa shape index (κ2) is 14.4. The smallest absolute Gasteiger partial charge is 0.307 e. The van der Waals surface area contributed by atoms with E-state index in [-0.39, 0.29) is 42.5 Å². The third-order valence-electron chi connectivity index (χ3n) is 5.52. The van der Waals surface area contributed by atoms with Crippen molar-refractivity contribution in [3.8, 4) is 0 Å². The average Bonchev–Trinajstić information content (AvgIpc) is 2.67. The van der Waals surface area contributed by atoms with Gasteiger partial charge < -0.3 is 19.5 Å². The largest absolute Gasteiger partial charge is 0.481 e. The molecule has 0 unspecified atom stereocenters. The Morgan fingerprint density at radius 2 is 1.09 bits per heavy atom. The lowest BCUT2D eigenvalue weighted by molar-refractivity contribution is -0.160. The highest BCUT2D eigenvalue weighted by atomic mass is 16.6. The number of nitrogens with zero attached hydrogens (tertiary/aromatic N) is 1. The van der Waals surface area contributed by atoms with Gasteiger partial charge in [0.2, 0.25) is 5.91 Å². The van der Waals surface area contributed by atoms with E-state index in [0.29, 0.717) is 0 Å². The highest BCUT2D eigenvalue weighted by Crippen LogP contribution is 2.23. The van der Waals surface area contributed by atoms with Crippen LogP contribution in [0.2, 0.25) is 0 Å². The van der Waals surface area contributed by atoms with E-state index in [1.807, 2.05) is 39.5 Å². The van der Waals surface area contributed by atoms with Crippen LogP contribution >= 0.6 is 0 Å². The number of amides is 1. The van der Waals surface area contributed by atoms with Crippen LogP contribution < -0.4 is 0 Å². The standard InChI is InChI=1S/C16H29NO3.C11H20O4/c1-12(2)13(11-14(18)20-16(3,4)5)15(19)17-9-7-6-8-10-17;1-7(2)8(10(13)14)6-9(12)15-11(3,4)5/h12-13H,6-11H2,1-5H3;7-8H,6H2,1-5H3,(H,13,14)/t13-;8-/m11/s1. The molecule has 0 aliphatic carbocycles. The predicted molar refractivity (Wildman–Crippen MR) is 136 cm³/mol. The lowest BCUT2D eigenvalue weighted by atomic mass is 9.90. The number of hydrogen-bond donors (Lipinski definition) is 1. The van der Waals surface area contributed by atoms with E-state index >= 15 is 0 Å². The number of ether oxygens (including phenoxy) is 2. The lowest BCUT2D eigenvalue weighted by Gasteiger charge is -2.32. The molecular weight excluding hydrogens is 450 g/mol. The van der Waals surface area contributed by atoms with E-state index < -0.39 is 29.1 Å². The summed E-state index contributed by atoms with van der Waals surface area (Å²) in [5, 5.41) is 8.88. The van der Waals surface area contributed by atoms with Gasteiger partial charge in [-0.2, -0.15) is 0 Å². The van der Waals surface area contributed by atoms with Gasteiger partial charge in [-0.15, -0.1) is 0 Å². The molecule has 35 heavy (non-hydrogen) atoms. The number of carboxylic acids is 1. The number of esters is 2. The van der Waals surface area contributed by atoms with Gasteiger partial charge in [-0.25, -0.2) is 0 Å². The van der Waals surface area contributed by atoms with Crippen molar-refractivity contribution < 1.29 is 33.8 Å². The minimum atomic E-state index is -0.948. The topological polar surface area (TPSA) is 110 Å². The SMILES string of the molecule is CC(C)[C@@H](CC(=O)OC(C)(C)C)C(=O)N1CCCCC1.CC(C)[C@@H](CC(=O)OC(C)(C)C)C(=O)O. The monoisotopic (exact) mass is 499 g/mol. The second-order valence-corrected chi connectivity index (χ2v) is 12.0. The molecule has 1 aliphatic heterocycles. The molecule has 0 aromatic rings. The van der Waals surface area contributed by atoms with Crippen molar-refractivity contribution in [3.63, 3.8) is 0 Å². The molecule has 8 heteroatoms. The van der Waals surface area contributed by atoms with Gasteiger partial charge in [0.15, 0.2) is 0 Å². The van der Waals surface area contributed by atoms with Crippen LogP contribution in [0.4, 0.5) is 0 Å². The molecule has 1 rings (SSSR count). The van der Waals surface area contributed by atoms with Crippen LogP contribution in [0.1, 0.15) is 101 Å². The molecule has 0 aromatic carbocycles. The first-order valence-corrected chi connectivity index (χ1v) is 12.8. The van der Waals surface area contributed by atoms with Gasteiger partial charge in [-0.3, -0.25) is 19.2 Å². The third-order valence-corrected chi connectivity index (χ3v) is 5.52. The molecule has 8 nitrogen and oxygen atoms in total. The van der Waals surface area contributed by atoms with Crippen LogP contribution in [0.15, 0.2) is 0 Å². The lowest BCUT2D eigenvalue weighted by Crippen LogP contribution is -2.42. The van der Waals surface area contributed by atoms with Crippen LogP contribution in [-0.4, -0.2) is 58.1 Å². The Hall–Kier alpha value is -2.12. The number of aliphatic carboxylic acids is 1. The summed E-state index contributed by atoms with van der Waals surface area (Å²) >= 11 is 0. The average molecular weight is 500 g/mol. The number of likely N-dealkylation sites (tertiary alicyclic amines) is 1. The van der Waals surface area contributed by atoms with Gasteiger partial charge in [0.1, 0.15) is 11.2 Å². The van der Waals surface area contributed by atoms with Gasteiger partial charge in [-0.05, 0) is 72.6 Å². The maximum atomic E-state index is 12.6. The van der Waals surface area contributed by atoms with Crippen LogP contribution in [0.25, 0.3) is 0 Å². The van der Waals surface area contributed by atoms with Crippen molar-refractivity contribution in [3.05, 3.63) is 0 Å². The zero-order valence-corrected chi connectivity index (χ0v) is 23.6. The summed E-state index contributed by atoms with van der Waals surface area (Å²) < 4.78 is 10.4. The zero-order chi connectivity index (χ0) is 27.6. The highest BCUT2D eigenvalue weighted by Gasteiger charge is 2.31. The first kappa shape index (κ1) is 32.9. The quantitative estimate of drug-likeness (QED) is 0.464. The molecule has 0 bridgehead atoms. The Labute approximate surface area is 212 Å². The summed E-state index contributed by atoms with van der Waals surface area (Å²) in [4.78, 5) is 48.7. The number of carboxylic acid groups (broad SMARTS) is 1. The summed E-state index contributed by atoms with van der Waals surface area (Å²) in [5.74, 6) is -2.42. The predicted octanol–water partition coefficient (Wildman–Crippen LogP) is 5.08. The summed E-state index contributed by atoms with van der Waals surface area (Å²) in [7, 11) is 0. The van der Waals surface area contributed by atoms with E-state index in [1.54, 1.807) is 34.6 Å².